The van der Waals surface area contributed by atoms with Gasteiger partial charge >= 0.3 is 0 Å². The molecule has 2 rings (SSSR count). The summed E-state index contributed by atoms with van der Waals surface area (Å²) >= 11 is 0. The molecule has 2 unspecified atom stereocenters. The van der Waals surface area contributed by atoms with Gasteiger partial charge in [0.2, 0.25) is 0 Å². The first-order chi connectivity index (χ1) is 8.60. The molecule has 1 N–H and O–H groups in total. The lowest BCUT2D eigenvalue weighted by atomic mass is 10.2. The van der Waals surface area contributed by atoms with Crippen molar-refractivity contribution >= 4 is 5.82 Å². The largest absolute Gasteiger partial charge is 0.391 e. The van der Waals surface area contributed by atoms with Crippen molar-refractivity contribution in [2.75, 3.05) is 32.1 Å². The molecular formula is C12H17N5O. The summed E-state index contributed by atoms with van der Waals surface area (Å²) in [5.74, 6) is 0.720. The van der Waals surface area contributed by atoms with Crippen LogP contribution in [-0.2, 0) is 0 Å². The molecule has 0 bridgehead atoms. The van der Waals surface area contributed by atoms with E-state index in [1.54, 1.807) is 6.20 Å². The summed E-state index contributed by atoms with van der Waals surface area (Å²) in [5, 5.41) is 18.5. The van der Waals surface area contributed by atoms with Crippen molar-refractivity contribution in [1.82, 2.24) is 14.9 Å². The Labute approximate surface area is 106 Å². The lowest BCUT2D eigenvalue weighted by molar-refractivity contribution is 0.191. The Bertz CT molecular complexity index is 439. The number of aromatic nitrogens is 2. The van der Waals surface area contributed by atoms with Gasteiger partial charge in [-0.1, -0.05) is 0 Å². The normalized spacial score (nSPS) is 23.4. The molecule has 6 heteroatoms. The van der Waals surface area contributed by atoms with E-state index in [0.29, 0.717) is 12.2 Å². The van der Waals surface area contributed by atoms with Crippen LogP contribution < -0.4 is 4.90 Å². The number of hydrogen-bond donors (Lipinski definition) is 1. The average Bonchev–Trinajstić information content (AvgIpc) is 2.69. The van der Waals surface area contributed by atoms with E-state index in [0.717, 1.165) is 18.8 Å². The smallest absolute Gasteiger partial charge is 0.158 e. The molecule has 6 nitrogen and oxygen atoms in total. The molecule has 1 aromatic rings. The summed E-state index contributed by atoms with van der Waals surface area (Å²) < 4.78 is 0. The van der Waals surface area contributed by atoms with E-state index in [9.17, 15) is 5.11 Å². The van der Waals surface area contributed by atoms with E-state index in [-0.39, 0.29) is 12.1 Å². The zero-order valence-electron chi connectivity index (χ0n) is 10.6. The fourth-order valence-electron chi connectivity index (χ4n) is 2.29. The van der Waals surface area contributed by atoms with Crippen molar-refractivity contribution in [2.24, 2.45) is 0 Å². The molecule has 0 amide bonds. The van der Waals surface area contributed by atoms with E-state index < -0.39 is 0 Å². The van der Waals surface area contributed by atoms with Crippen LogP contribution >= 0.6 is 0 Å². The molecule has 18 heavy (non-hydrogen) atoms. The molecule has 0 saturated carbocycles. The van der Waals surface area contributed by atoms with Crippen LogP contribution in [0, 0.1) is 11.3 Å². The summed E-state index contributed by atoms with van der Waals surface area (Å²) in [5.41, 5.74) is 0.308. The Morgan fingerprint density at radius 3 is 2.83 bits per heavy atom. The van der Waals surface area contributed by atoms with E-state index >= 15 is 0 Å². The zero-order valence-corrected chi connectivity index (χ0v) is 10.6. The van der Waals surface area contributed by atoms with Gasteiger partial charge in [0.1, 0.15) is 11.9 Å². The van der Waals surface area contributed by atoms with E-state index in [1.807, 2.05) is 20.2 Å². The Balaban J connectivity index is 2.16. The number of nitriles is 1. The first-order valence-corrected chi connectivity index (χ1v) is 5.91. The molecule has 2 heterocycles. The minimum absolute atomic E-state index is 0.234. The molecule has 0 radical (unpaired) electrons. The summed E-state index contributed by atoms with van der Waals surface area (Å²) in [6.45, 7) is 1.43. The molecule has 1 aliphatic rings. The van der Waals surface area contributed by atoms with Crippen LogP contribution in [0.25, 0.3) is 0 Å². The van der Waals surface area contributed by atoms with Gasteiger partial charge in [-0.3, -0.25) is 0 Å². The third-order valence-electron chi connectivity index (χ3n) is 3.02. The number of nitrogens with zero attached hydrogens (tertiary/aromatic N) is 5. The monoisotopic (exact) mass is 247 g/mol. The maximum Gasteiger partial charge on any atom is 0.158 e. The van der Waals surface area contributed by atoms with Gasteiger partial charge < -0.3 is 14.9 Å². The van der Waals surface area contributed by atoms with Gasteiger partial charge in [-0.2, -0.15) is 5.26 Å². The predicted molar refractivity (Wildman–Crippen MR) is 67.1 cm³/mol. The number of β-amino-alcohol motifs (C(OH)–C–C–N with tert-alkyl or cyclic N) is 1. The van der Waals surface area contributed by atoms with Gasteiger partial charge in [0.15, 0.2) is 5.69 Å². The molecule has 1 aliphatic heterocycles. The van der Waals surface area contributed by atoms with Gasteiger partial charge in [-0.15, -0.1) is 0 Å². The third-order valence-corrected chi connectivity index (χ3v) is 3.02. The van der Waals surface area contributed by atoms with Gasteiger partial charge in [0.05, 0.1) is 18.5 Å². The van der Waals surface area contributed by atoms with Crippen LogP contribution in [0.4, 0.5) is 5.82 Å². The second-order valence-corrected chi connectivity index (χ2v) is 4.83. The number of rotatable bonds is 3. The highest BCUT2D eigenvalue weighted by Crippen LogP contribution is 2.23. The SMILES string of the molecule is CN(C)CC1CC(O)CN1c1cnc(C#N)cn1. The molecule has 0 spiro atoms. The first-order valence-electron chi connectivity index (χ1n) is 5.91. The number of hydrogen-bond acceptors (Lipinski definition) is 6. The lowest BCUT2D eigenvalue weighted by Crippen LogP contribution is -2.38. The number of anilines is 1. The molecular weight excluding hydrogens is 230 g/mol. The standard InChI is InChI=1S/C12H17N5O/c1-16(2)7-10-3-11(18)8-17(10)12-6-14-9(4-13)5-15-12/h5-6,10-11,18H,3,7-8H2,1-2H3. The Hall–Kier alpha value is -1.71. The first kappa shape index (κ1) is 12.7. The Morgan fingerprint density at radius 2 is 2.28 bits per heavy atom. The molecule has 1 fully saturated rings. The topological polar surface area (TPSA) is 76.3 Å². The van der Waals surface area contributed by atoms with Gasteiger partial charge in [-0.05, 0) is 20.5 Å². The highest BCUT2D eigenvalue weighted by molar-refractivity contribution is 5.40. The number of aliphatic hydroxyl groups excluding tert-OH is 1. The predicted octanol–water partition coefficient (Wildman–Crippen LogP) is -0.151. The maximum absolute atomic E-state index is 9.78. The molecule has 1 aromatic heterocycles. The maximum atomic E-state index is 9.78. The number of likely N-dealkylation sites (N-methyl/N-ethyl adjacent to an activating group) is 1. The molecule has 0 aromatic carbocycles. The molecule has 96 valence electrons. The molecule has 1 saturated heterocycles. The van der Waals surface area contributed by atoms with Crippen molar-refractivity contribution in [2.45, 2.75) is 18.6 Å². The fraction of sp³-hybridized carbons (Fsp3) is 0.583. The average molecular weight is 247 g/mol. The number of aliphatic hydroxyl groups is 1. The summed E-state index contributed by atoms with van der Waals surface area (Å²) in [6.07, 6.45) is 3.47. The van der Waals surface area contributed by atoms with Crippen molar-refractivity contribution < 1.29 is 5.11 Å². The van der Waals surface area contributed by atoms with E-state index in [2.05, 4.69) is 19.8 Å². The van der Waals surface area contributed by atoms with E-state index in [4.69, 9.17) is 5.26 Å². The summed E-state index contributed by atoms with van der Waals surface area (Å²) in [7, 11) is 4.01. The summed E-state index contributed by atoms with van der Waals surface area (Å²) in [4.78, 5) is 12.4. The third kappa shape index (κ3) is 2.75. The van der Waals surface area contributed by atoms with Crippen LogP contribution in [0.1, 0.15) is 12.1 Å². The van der Waals surface area contributed by atoms with Crippen LogP contribution in [0.5, 0.6) is 0 Å². The summed E-state index contributed by atoms with van der Waals surface area (Å²) in [6, 6.07) is 2.18. The Kier molecular flexibility index (Phi) is 3.75. The van der Waals surface area contributed by atoms with Crippen molar-refractivity contribution in [3.05, 3.63) is 18.1 Å². The van der Waals surface area contributed by atoms with Crippen molar-refractivity contribution in [3.8, 4) is 6.07 Å². The molecule has 0 aliphatic carbocycles. The van der Waals surface area contributed by atoms with E-state index in [1.165, 1.54) is 6.20 Å². The van der Waals surface area contributed by atoms with Crippen LogP contribution in [-0.4, -0.2) is 59.3 Å². The van der Waals surface area contributed by atoms with Gasteiger partial charge in [-0.25, -0.2) is 9.97 Å². The second-order valence-electron chi connectivity index (χ2n) is 4.83. The van der Waals surface area contributed by atoms with Gasteiger partial charge in [0, 0.05) is 19.1 Å². The Morgan fingerprint density at radius 1 is 1.50 bits per heavy atom. The fourth-order valence-corrected chi connectivity index (χ4v) is 2.29. The minimum Gasteiger partial charge on any atom is -0.391 e. The second kappa shape index (κ2) is 5.29. The minimum atomic E-state index is -0.326. The van der Waals surface area contributed by atoms with Crippen molar-refractivity contribution in [3.63, 3.8) is 0 Å². The lowest BCUT2D eigenvalue weighted by Gasteiger charge is -2.27. The highest BCUT2D eigenvalue weighted by atomic mass is 16.3. The highest BCUT2D eigenvalue weighted by Gasteiger charge is 2.32. The van der Waals surface area contributed by atoms with Crippen molar-refractivity contribution in [1.29, 1.82) is 5.26 Å². The van der Waals surface area contributed by atoms with Crippen LogP contribution in [0.3, 0.4) is 0 Å². The van der Waals surface area contributed by atoms with Crippen LogP contribution in [0.2, 0.25) is 0 Å². The van der Waals surface area contributed by atoms with Crippen LogP contribution in [0.15, 0.2) is 12.4 Å². The van der Waals surface area contributed by atoms with Gasteiger partial charge in [0.25, 0.3) is 0 Å². The zero-order chi connectivity index (χ0) is 13.1. The molecule has 2 atom stereocenters. The quantitative estimate of drug-likeness (QED) is 0.800.